The van der Waals surface area contributed by atoms with E-state index in [4.69, 9.17) is 11.5 Å². The summed E-state index contributed by atoms with van der Waals surface area (Å²) in [5.74, 6) is 0.0243. The van der Waals surface area contributed by atoms with Gasteiger partial charge in [0.2, 0.25) is 0 Å². The van der Waals surface area contributed by atoms with E-state index >= 15 is 0 Å². The molecular formula is C8H8N6O. The van der Waals surface area contributed by atoms with Gasteiger partial charge in [-0.05, 0) is 12.1 Å². The van der Waals surface area contributed by atoms with E-state index in [1.807, 2.05) is 0 Å². The van der Waals surface area contributed by atoms with E-state index in [2.05, 4.69) is 15.1 Å². The summed E-state index contributed by atoms with van der Waals surface area (Å²) < 4.78 is 1.33. The van der Waals surface area contributed by atoms with Crippen molar-refractivity contribution in [1.82, 2.24) is 19.7 Å². The molecule has 0 saturated heterocycles. The highest BCUT2D eigenvalue weighted by atomic mass is 16.1. The van der Waals surface area contributed by atoms with Crippen LogP contribution in [0, 0.1) is 0 Å². The molecule has 0 aliphatic carbocycles. The highest BCUT2D eigenvalue weighted by molar-refractivity contribution is 5.90. The van der Waals surface area contributed by atoms with Crippen molar-refractivity contribution in [3.05, 3.63) is 30.2 Å². The van der Waals surface area contributed by atoms with E-state index in [-0.39, 0.29) is 5.69 Å². The second-order valence-corrected chi connectivity index (χ2v) is 2.79. The predicted octanol–water partition coefficient (Wildman–Crippen LogP) is -0.657. The van der Waals surface area contributed by atoms with Crippen molar-refractivity contribution in [1.29, 1.82) is 0 Å². The Balaban J connectivity index is 2.41. The molecule has 0 aliphatic heterocycles. The molecular weight excluding hydrogens is 196 g/mol. The summed E-state index contributed by atoms with van der Waals surface area (Å²) in [5, 5.41) is 3.88. The van der Waals surface area contributed by atoms with Gasteiger partial charge in [0, 0.05) is 12.4 Å². The maximum absolute atomic E-state index is 10.8. The van der Waals surface area contributed by atoms with Crippen LogP contribution >= 0.6 is 0 Å². The molecule has 0 fully saturated rings. The van der Waals surface area contributed by atoms with Crippen molar-refractivity contribution in [2.24, 2.45) is 5.73 Å². The van der Waals surface area contributed by atoms with Crippen molar-refractivity contribution in [3.8, 4) is 5.95 Å². The molecule has 0 bridgehead atoms. The molecule has 76 valence electrons. The van der Waals surface area contributed by atoms with Crippen LogP contribution in [0.1, 0.15) is 10.5 Å². The number of primary amides is 1. The first-order chi connectivity index (χ1) is 7.16. The van der Waals surface area contributed by atoms with Gasteiger partial charge in [0.05, 0.1) is 0 Å². The molecule has 2 aromatic heterocycles. The number of nitrogens with zero attached hydrogens (tertiary/aromatic N) is 4. The average molecular weight is 204 g/mol. The minimum atomic E-state index is -0.599. The average Bonchev–Trinajstić information content (AvgIpc) is 2.66. The van der Waals surface area contributed by atoms with Crippen LogP contribution in [0.2, 0.25) is 0 Å². The monoisotopic (exact) mass is 204 g/mol. The van der Waals surface area contributed by atoms with E-state index in [0.29, 0.717) is 11.8 Å². The Labute approximate surface area is 84.7 Å². The lowest BCUT2D eigenvalue weighted by Gasteiger charge is -1.98. The Morgan fingerprint density at radius 1 is 1.40 bits per heavy atom. The molecule has 1 amide bonds. The van der Waals surface area contributed by atoms with Gasteiger partial charge in [0.1, 0.15) is 11.5 Å². The zero-order valence-electron chi connectivity index (χ0n) is 7.66. The fourth-order valence-corrected chi connectivity index (χ4v) is 1.04. The summed E-state index contributed by atoms with van der Waals surface area (Å²) in [6.07, 6.45) is 3.04. The van der Waals surface area contributed by atoms with Crippen molar-refractivity contribution < 1.29 is 4.79 Å². The molecule has 7 heteroatoms. The van der Waals surface area contributed by atoms with Crippen LogP contribution in [0.15, 0.2) is 24.5 Å². The van der Waals surface area contributed by atoms with Gasteiger partial charge < -0.3 is 11.5 Å². The second kappa shape index (κ2) is 3.37. The highest BCUT2D eigenvalue weighted by Crippen LogP contribution is 2.03. The minimum Gasteiger partial charge on any atom is -0.384 e. The number of hydrogen-bond acceptors (Lipinski definition) is 5. The molecule has 0 radical (unpaired) electrons. The Bertz CT molecular complexity index is 505. The number of carbonyl (C=O) groups is 1. The van der Waals surface area contributed by atoms with Crippen LogP contribution in [0.5, 0.6) is 0 Å². The molecule has 0 unspecified atom stereocenters. The molecule has 7 nitrogen and oxygen atoms in total. The third-order valence-electron chi connectivity index (χ3n) is 1.71. The minimum absolute atomic E-state index is 0.154. The fraction of sp³-hybridized carbons (Fsp3) is 0. The smallest absolute Gasteiger partial charge is 0.269 e. The summed E-state index contributed by atoms with van der Waals surface area (Å²) >= 11 is 0. The Hall–Kier alpha value is -2.44. The largest absolute Gasteiger partial charge is 0.384 e. The van der Waals surface area contributed by atoms with Gasteiger partial charge in [-0.25, -0.2) is 9.67 Å². The van der Waals surface area contributed by atoms with Crippen LogP contribution < -0.4 is 11.5 Å². The molecule has 2 rings (SSSR count). The number of amides is 1. The van der Waals surface area contributed by atoms with E-state index in [1.54, 1.807) is 6.07 Å². The molecule has 0 aromatic carbocycles. The number of hydrogen-bond donors (Lipinski definition) is 2. The van der Waals surface area contributed by atoms with Gasteiger partial charge in [0.15, 0.2) is 0 Å². The van der Waals surface area contributed by atoms with E-state index < -0.39 is 5.91 Å². The Morgan fingerprint density at radius 2 is 2.20 bits per heavy atom. The number of anilines is 1. The number of nitrogen functional groups attached to an aromatic ring is 1. The fourth-order valence-electron chi connectivity index (χ4n) is 1.04. The molecule has 0 atom stereocenters. The number of aromatic nitrogens is 4. The summed E-state index contributed by atoms with van der Waals surface area (Å²) in [6, 6.07) is 3.04. The van der Waals surface area contributed by atoms with Crippen molar-refractivity contribution in [2.75, 3.05) is 5.73 Å². The lowest BCUT2D eigenvalue weighted by Crippen LogP contribution is -2.12. The quantitative estimate of drug-likeness (QED) is 0.674. The van der Waals surface area contributed by atoms with Crippen molar-refractivity contribution in [2.45, 2.75) is 0 Å². The van der Waals surface area contributed by atoms with Crippen LogP contribution in [-0.2, 0) is 0 Å². The van der Waals surface area contributed by atoms with Gasteiger partial charge >= 0.3 is 0 Å². The lowest BCUT2D eigenvalue weighted by atomic mass is 10.4. The molecule has 15 heavy (non-hydrogen) atoms. The van der Waals surface area contributed by atoms with E-state index in [1.165, 1.54) is 23.1 Å². The van der Waals surface area contributed by atoms with E-state index in [0.717, 1.165) is 0 Å². The topological polar surface area (TPSA) is 113 Å². The Morgan fingerprint density at radius 3 is 2.80 bits per heavy atom. The highest BCUT2D eigenvalue weighted by Gasteiger charge is 2.07. The first-order valence-corrected chi connectivity index (χ1v) is 4.11. The molecule has 2 aromatic rings. The Kier molecular flexibility index (Phi) is 2.05. The molecule has 0 saturated carbocycles. The first kappa shape index (κ1) is 9.13. The maximum Gasteiger partial charge on any atom is 0.269 e. The standard InChI is InChI=1S/C8H8N6O/c9-6-1-3-11-8(12-6)14-4-2-5(13-14)7(10)15/h1-4H,(H2,10,15)(H2,9,11,12). The molecule has 0 aliphatic rings. The SMILES string of the molecule is NC(=O)c1ccn(-c2nccc(N)n2)n1. The first-order valence-electron chi connectivity index (χ1n) is 4.11. The predicted molar refractivity (Wildman–Crippen MR) is 52.1 cm³/mol. The van der Waals surface area contributed by atoms with Crippen molar-refractivity contribution >= 4 is 11.7 Å². The zero-order valence-corrected chi connectivity index (χ0v) is 7.66. The molecule has 4 N–H and O–H groups in total. The zero-order chi connectivity index (χ0) is 10.8. The van der Waals surface area contributed by atoms with Crippen LogP contribution in [0.3, 0.4) is 0 Å². The number of rotatable bonds is 2. The second-order valence-electron chi connectivity index (χ2n) is 2.79. The van der Waals surface area contributed by atoms with Gasteiger partial charge in [0.25, 0.3) is 11.9 Å². The van der Waals surface area contributed by atoms with Crippen LogP contribution in [-0.4, -0.2) is 25.7 Å². The third kappa shape index (κ3) is 1.75. The third-order valence-corrected chi connectivity index (χ3v) is 1.71. The number of nitrogens with two attached hydrogens (primary N) is 2. The van der Waals surface area contributed by atoms with E-state index in [9.17, 15) is 4.79 Å². The van der Waals surface area contributed by atoms with Crippen LogP contribution in [0.4, 0.5) is 5.82 Å². The number of carbonyl (C=O) groups excluding carboxylic acids is 1. The van der Waals surface area contributed by atoms with Gasteiger partial charge in [-0.3, -0.25) is 4.79 Å². The maximum atomic E-state index is 10.8. The normalized spacial score (nSPS) is 10.1. The summed E-state index contributed by atoms with van der Waals surface area (Å²) in [7, 11) is 0. The lowest BCUT2D eigenvalue weighted by molar-refractivity contribution is 0.0995. The summed E-state index contributed by atoms with van der Waals surface area (Å²) in [4.78, 5) is 18.7. The summed E-state index contributed by atoms with van der Waals surface area (Å²) in [5.41, 5.74) is 10.7. The molecule has 2 heterocycles. The van der Waals surface area contributed by atoms with Gasteiger partial charge in [-0.15, -0.1) is 0 Å². The van der Waals surface area contributed by atoms with Crippen LogP contribution in [0.25, 0.3) is 5.95 Å². The van der Waals surface area contributed by atoms with Gasteiger partial charge in [-0.2, -0.15) is 10.1 Å². The molecule has 0 spiro atoms. The summed E-state index contributed by atoms with van der Waals surface area (Å²) in [6.45, 7) is 0. The van der Waals surface area contributed by atoms with Gasteiger partial charge in [-0.1, -0.05) is 0 Å². The van der Waals surface area contributed by atoms with Crippen molar-refractivity contribution in [3.63, 3.8) is 0 Å².